The molecular weight excluding hydrogens is 336 g/mol. The number of nitrogens with one attached hydrogen (secondary N) is 1. The molecule has 0 spiro atoms. The summed E-state index contributed by atoms with van der Waals surface area (Å²) in [6, 6.07) is 15.1. The average molecular weight is 359 g/mol. The minimum absolute atomic E-state index is 0.198. The molecule has 1 unspecified atom stereocenters. The Bertz CT molecular complexity index is 729. The first-order chi connectivity index (χ1) is 12.1. The van der Waals surface area contributed by atoms with E-state index < -0.39 is 6.10 Å². The molecule has 0 bridgehead atoms. The van der Waals surface area contributed by atoms with Crippen molar-refractivity contribution in [2.45, 2.75) is 32.3 Å². The van der Waals surface area contributed by atoms with Gasteiger partial charge in [0.2, 0.25) is 0 Å². The maximum Gasteiger partial charge on any atom is 0.265 e. The molecule has 1 aliphatic heterocycles. The molecule has 132 valence electrons. The van der Waals surface area contributed by atoms with Crippen LogP contribution in [0.2, 0.25) is 5.02 Å². The molecule has 25 heavy (non-hydrogen) atoms. The van der Waals surface area contributed by atoms with Gasteiger partial charge in [0.25, 0.3) is 5.91 Å². The second kappa shape index (κ2) is 8.26. The van der Waals surface area contributed by atoms with Crippen LogP contribution in [0.25, 0.3) is 0 Å². The number of ether oxygens (including phenoxy) is 1. The summed E-state index contributed by atoms with van der Waals surface area (Å²) in [5.41, 5.74) is 1.93. The van der Waals surface area contributed by atoms with Crippen LogP contribution >= 0.6 is 11.6 Å². The molecule has 3 rings (SSSR count). The van der Waals surface area contributed by atoms with Crippen LogP contribution < -0.4 is 15.0 Å². The fraction of sp³-hybridized carbons (Fsp3) is 0.350. The molecule has 0 saturated carbocycles. The fourth-order valence-corrected chi connectivity index (χ4v) is 3.14. The van der Waals surface area contributed by atoms with E-state index in [9.17, 15) is 4.79 Å². The molecule has 0 radical (unpaired) electrons. The Morgan fingerprint density at radius 3 is 2.64 bits per heavy atom. The Hall–Kier alpha value is -2.20. The summed E-state index contributed by atoms with van der Waals surface area (Å²) in [5.74, 6) is 0.310. The normalized spacial score (nSPS) is 15.5. The number of rotatable bonds is 5. The van der Waals surface area contributed by atoms with E-state index in [1.54, 1.807) is 19.1 Å². The van der Waals surface area contributed by atoms with E-state index in [4.69, 9.17) is 16.3 Å². The third kappa shape index (κ3) is 4.67. The van der Waals surface area contributed by atoms with Crippen LogP contribution in [0.4, 0.5) is 11.4 Å². The number of nitrogens with zero attached hydrogens (tertiary/aromatic N) is 1. The molecular formula is C20H23ClN2O2. The monoisotopic (exact) mass is 358 g/mol. The van der Waals surface area contributed by atoms with Crippen LogP contribution in [0.1, 0.15) is 26.2 Å². The van der Waals surface area contributed by atoms with E-state index in [-0.39, 0.29) is 5.91 Å². The molecule has 1 heterocycles. The predicted octanol–water partition coefficient (Wildman–Crippen LogP) is 4.74. The highest BCUT2D eigenvalue weighted by Crippen LogP contribution is 2.25. The zero-order valence-corrected chi connectivity index (χ0v) is 15.1. The Balaban J connectivity index is 1.63. The molecule has 4 nitrogen and oxygen atoms in total. The van der Waals surface area contributed by atoms with Gasteiger partial charge in [0.15, 0.2) is 6.10 Å². The molecule has 1 amide bonds. The van der Waals surface area contributed by atoms with E-state index in [1.807, 2.05) is 30.3 Å². The Kier molecular flexibility index (Phi) is 5.82. The van der Waals surface area contributed by atoms with Crippen molar-refractivity contribution in [2.75, 3.05) is 23.3 Å². The van der Waals surface area contributed by atoms with Gasteiger partial charge in [-0.1, -0.05) is 29.8 Å². The molecule has 0 aromatic heterocycles. The number of hydrogen-bond acceptors (Lipinski definition) is 3. The van der Waals surface area contributed by atoms with Crippen LogP contribution in [0.5, 0.6) is 5.75 Å². The first-order valence-corrected chi connectivity index (χ1v) is 9.08. The van der Waals surface area contributed by atoms with Crippen molar-refractivity contribution in [2.24, 2.45) is 0 Å². The van der Waals surface area contributed by atoms with Crippen LogP contribution in [0, 0.1) is 0 Å². The summed E-state index contributed by atoms with van der Waals surface area (Å²) in [5, 5.41) is 3.42. The molecule has 1 aliphatic rings. The van der Waals surface area contributed by atoms with Crippen LogP contribution in [-0.4, -0.2) is 25.1 Å². The van der Waals surface area contributed by atoms with Gasteiger partial charge in [0.05, 0.1) is 5.02 Å². The lowest BCUT2D eigenvalue weighted by atomic mass is 10.1. The van der Waals surface area contributed by atoms with Crippen molar-refractivity contribution >= 4 is 28.9 Å². The first-order valence-electron chi connectivity index (χ1n) is 8.70. The highest BCUT2D eigenvalue weighted by Gasteiger charge is 2.17. The second-order valence-electron chi connectivity index (χ2n) is 6.28. The van der Waals surface area contributed by atoms with Gasteiger partial charge >= 0.3 is 0 Å². The number of carbonyl (C=O) groups excluding carboxylic acids is 1. The highest BCUT2D eigenvalue weighted by atomic mass is 35.5. The number of piperidine rings is 1. The number of amides is 1. The summed E-state index contributed by atoms with van der Waals surface area (Å²) >= 11 is 6.08. The number of halogens is 1. The maximum atomic E-state index is 12.4. The number of benzene rings is 2. The molecule has 2 aromatic rings. The van der Waals surface area contributed by atoms with Gasteiger partial charge in [-0.3, -0.25) is 4.79 Å². The summed E-state index contributed by atoms with van der Waals surface area (Å²) in [7, 11) is 0. The van der Waals surface area contributed by atoms with Gasteiger partial charge in [-0.25, -0.2) is 0 Å². The van der Waals surface area contributed by atoms with Crippen molar-refractivity contribution in [3.05, 3.63) is 53.6 Å². The summed E-state index contributed by atoms with van der Waals surface area (Å²) in [6.45, 7) is 3.86. The molecule has 0 aliphatic carbocycles. The molecule has 1 atom stereocenters. The second-order valence-corrected chi connectivity index (χ2v) is 6.68. The van der Waals surface area contributed by atoms with Gasteiger partial charge in [-0.2, -0.15) is 0 Å². The number of hydrogen-bond donors (Lipinski definition) is 1. The van der Waals surface area contributed by atoms with Gasteiger partial charge in [0.1, 0.15) is 5.75 Å². The van der Waals surface area contributed by atoms with Crippen molar-refractivity contribution in [1.29, 1.82) is 0 Å². The van der Waals surface area contributed by atoms with Gasteiger partial charge < -0.3 is 15.0 Å². The van der Waals surface area contributed by atoms with E-state index in [2.05, 4.69) is 16.3 Å². The standard InChI is InChI=1S/C20H23ClN2O2/c1-15(25-19-11-4-3-10-18(19)21)20(24)22-16-8-7-9-17(14-16)23-12-5-2-6-13-23/h3-4,7-11,14-15H,2,5-6,12-13H2,1H3,(H,22,24). The van der Waals surface area contributed by atoms with Gasteiger partial charge in [-0.15, -0.1) is 0 Å². The third-order valence-corrected chi connectivity index (χ3v) is 4.66. The Labute approximate surface area is 153 Å². The molecule has 1 fully saturated rings. The number of anilines is 2. The Morgan fingerprint density at radius 1 is 1.12 bits per heavy atom. The SMILES string of the molecule is CC(Oc1ccccc1Cl)C(=O)Nc1cccc(N2CCCCC2)c1. The molecule has 5 heteroatoms. The maximum absolute atomic E-state index is 12.4. The van der Waals surface area contributed by atoms with Crippen LogP contribution in [-0.2, 0) is 4.79 Å². The summed E-state index contributed by atoms with van der Waals surface area (Å²) in [4.78, 5) is 14.8. The summed E-state index contributed by atoms with van der Waals surface area (Å²) < 4.78 is 5.67. The minimum atomic E-state index is -0.640. The van der Waals surface area contributed by atoms with E-state index in [0.717, 1.165) is 24.5 Å². The van der Waals surface area contributed by atoms with Crippen molar-refractivity contribution < 1.29 is 9.53 Å². The lowest BCUT2D eigenvalue weighted by Crippen LogP contribution is -2.31. The smallest absolute Gasteiger partial charge is 0.265 e. The lowest BCUT2D eigenvalue weighted by Gasteiger charge is -2.29. The largest absolute Gasteiger partial charge is 0.479 e. The summed E-state index contributed by atoms with van der Waals surface area (Å²) in [6.07, 6.45) is 3.10. The van der Waals surface area contributed by atoms with Crippen molar-refractivity contribution in [1.82, 2.24) is 0 Å². The molecule has 1 saturated heterocycles. The first kappa shape index (κ1) is 17.6. The highest BCUT2D eigenvalue weighted by molar-refractivity contribution is 6.32. The Morgan fingerprint density at radius 2 is 1.88 bits per heavy atom. The van der Waals surface area contributed by atoms with Gasteiger partial charge in [-0.05, 0) is 56.5 Å². The van der Waals surface area contributed by atoms with Gasteiger partial charge in [0, 0.05) is 24.5 Å². The molecule has 1 N–H and O–H groups in total. The predicted molar refractivity (Wildman–Crippen MR) is 103 cm³/mol. The topological polar surface area (TPSA) is 41.6 Å². The third-order valence-electron chi connectivity index (χ3n) is 4.34. The van der Waals surface area contributed by atoms with E-state index >= 15 is 0 Å². The van der Waals surface area contributed by atoms with Crippen molar-refractivity contribution in [3.63, 3.8) is 0 Å². The minimum Gasteiger partial charge on any atom is -0.479 e. The zero-order chi connectivity index (χ0) is 17.6. The van der Waals surface area contributed by atoms with Crippen LogP contribution in [0.3, 0.4) is 0 Å². The quantitative estimate of drug-likeness (QED) is 0.839. The van der Waals surface area contributed by atoms with Crippen LogP contribution in [0.15, 0.2) is 48.5 Å². The fourth-order valence-electron chi connectivity index (χ4n) is 2.96. The van der Waals surface area contributed by atoms with E-state index in [1.165, 1.54) is 19.3 Å². The number of carbonyl (C=O) groups is 1. The number of para-hydroxylation sites is 1. The lowest BCUT2D eigenvalue weighted by molar-refractivity contribution is -0.122. The van der Waals surface area contributed by atoms with E-state index in [0.29, 0.717) is 10.8 Å². The molecule has 2 aromatic carbocycles. The zero-order valence-electron chi connectivity index (χ0n) is 14.4. The average Bonchev–Trinajstić information content (AvgIpc) is 2.64. The van der Waals surface area contributed by atoms with Crippen molar-refractivity contribution in [3.8, 4) is 5.75 Å².